The van der Waals surface area contributed by atoms with E-state index in [1.807, 2.05) is 0 Å². The zero-order chi connectivity index (χ0) is 20.2. The molecule has 0 aromatic heterocycles. The van der Waals surface area contributed by atoms with Crippen LogP contribution in [0.25, 0.3) is 0 Å². The number of aliphatic imine (C=N–C) groups is 1. The molecule has 2 nitrogen and oxygen atoms in total. The van der Waals surface area contributed by atoms with Crippen LogP contribution in [0.3, 0.4) is 0 Å². The van der Waals surface area contributed by atoms with Gasteiger partial charge in [0.15, 0.2) is 0 Å². The standard InChI is InChI=1S/C27H24NOP/c1-4-12-21(13-5-1)25-20-29-27(28-25)24-18-10-11-19-26(24)30(22-14-6-2-7-15-22)23-16-8-3-9-17-23/h1-12,14-19,21,25H,13,20H2/t21?,25-/m1/s1. The molecule has 148 valence electrons. The maximum absolute atomic E-state index is 6.17. The highest BCUT2D eigenvalue weighted by atomic mass is 31.1. The van der Waals surface area contributed by atoms with Crippen molar-refractivity contribution in [3.05, 3.63) is 115 Å². The quantitative estimate of drug-likeness (QED) is 0.559. The predicted molar refractivity (Wildman–Crippen MR) is 128 cm³/mol. The molecule has 30 heavy (non-hydrogen) atoms. The number of rotatable bonds is 5. The molecule has 0 amide bonds. The Hall–Kier alpha value is -2.96. The second-order valence-electron chi connectivity index (χ2n) is 7.55. The number of benzene rings is 3. The van der Waals surface area contributed by atoms with Crippen LogP contribution < -0.4 is 15.9 Å². The Bertz CT molecular complexity index is 1050. The van der Waals surface area contributed by atoms with Gasteiger partial charge in [-0.15, -0.1) is 0 Å². The van der Waals surface area contributed by atoms with Crippen LogP contribution >= 0.6 is 7.92 Å². The fourth-order valence-electron chi connectivity index (χ4n) is 4.07. The zero-order valence-electron chi connectivity index (χ0n) is 16.8. The molecule has 2 aliphatic rings. The third-order valence-electron chi connectivity index (χ3n) is 5.59. The van der Waals surface area contributed by atoms with Gasteiger partial charge in [-0.25, -0.2) is 4.99 Å². The molecule has 0 saturated heterocycles. The second-order valence-corrected chi connectivity index (χ2v) is 9.73. The van der Waals surface area contributed by atoms with Gasteiger partial charge in [0, 0.05) is 11.5 Å². The van der Waals surface area contributed by atoms with Crippen LogP contribution in [0.15, 0.2) is 114 Å². The summed E-state index contributed by atoms with van der Waals surface area (Å²) in [4.78, 5) is 5.03. The Labute approximate surface area is 179 Å². The van der Waals surface area contributed by atoms with Gasteiger partial charge in [-0.2, -0.15) is 0 Å². The van der Waals surface area contributed by atoms with E-state index in [1.54, 1.807) is 0 Å². The SMILES string of the molecule is C1=CCC([C@H]2COC(c3ccccc3P(c3ccccc3)c3ccccc3)=N2)C=C1. The van der Waals surface area contributed by atoms with E-state index in [1.165, 1.54) is 15.9 Å². The number of ether oxygens (including phenoxy) is 1. The minimum atomic E-state index is -0.698. The van der Waals surface area contributed by atoms with E-state index in [2.05, 4.69) is 109 Å². The summed E-state index contributed by atoms with van der Waals surface area (Å²) in [7, 11) is -0.698. The van der Waals surface area contributed by atoms with Crippen LogP contribution in [-0.2, 0) is 4.74 Å². The van der Waals surface area contributed by atoms with Crippen LogP contribution in [0.1, 0.15) is 12.0 Å². The summed E-state index contributed by atoms with van der Waals surface area (Å²) in [6, 6.07) is 30.4. The van der Waals surface area contributed by atoms with Gasteiger partial charge in [0.2, 0.25) is 5.90 Å². The van der Waals surface area contributed by atoms with Crippen molar-refractivity contribution >= 4 is 29.7 Å². The molecule has 0 saturated carbocycles. The lowest BCUT2D eigenvalue weighted by Crippen LogP contribution is -2.25. The van der Waals surface area contributed by atoms with Gasteiger partial charge in [-0.05, 0) is 36.3 Å². The van der Waals surface area contributed by atoms with Gasteiger partial charge in [-0.3, -0.25) is 0 Å². The van der Waals surface area contributed by atoms with Gasteiger partial charge < -0.3 is 4.74 Å². The minimum Gasteiger partial charge on any atom is -0.475 e. The smallest absolute Gasteiger partial charge is 0.217 e. The molecule has 0 spiro atoms. The zero-order valence-corrected chi connectivity index (χ0v) is 17.7. The highest BCUT2D eigenvalue weighted by molar-refractivity contribution is 7.80. The third kappa shape index (κ3) is 3.88. The first-order valence-corrected chi connectivity index (χ1v) is 11.8. The number of allylic oxidation sites excluding steroid dienone is 3. The van der Waals surface area contributed by atoms with Crippen LogP contribution in [0.4, 0.5) is 0 Å². The van der Waals surface area contributed by atoms with Crippen LogP contribution in [-0.4, -0.2) is 18.5 Å². The molecular formula is C27H24NOP. The maximum Gasteiger partial charge on any atom is 0.217 e. The fraction of sp³-hybridized carbons (Fsp3) is 0.148. The molecule has 1 aliphatic heterocycles. The topological polar surface area (TPSA) is 21.6 Å². The van der Waals surface area contributed by atoms with Crippen molar-refractivity contribution in [3.8, 4) is 0 Å². The molecule has 0 bridgehead atoms. The van der Waals surface area contributed by atoms with Crippen molar-refractivity contribution in [1.29, 1.82) is 0 Å². The largest absolute Gasteiger partial charge is 0.475 e. The summed E-state index contributed by atoms with van der Waals surface area (Å²) >= 11 is 0. The summed E-state index contributed by atoms with van der Waals surface area (Å²) in [6.07, 6.45) is 9.74. The van der Waals surface area contributed by atoms with Crippen molar-refractivity contribution in [2.24, 2.45) is 10.9 Å². The molecule has 0 radical (unpaired) electrons. The molecule has 1 unspecified atom stereocenters. The van der Waals surface area contributed by atoms with Gasteiger partial charge in [0.1, 0.15) is 6.61 Å². The average Bonchev–Trinajstić information content (AvgIpc) is 3.32. The summed E-state index contributed by atoms with van der Waals surface area (Å²) < 4.78 is 6.17. The monoisotopic (exact) mass is 409 g/mol. The van der Waals surface area contributed by atoms with Crippen LogP contribution in [0, 0.1) is 5.92 Å². The Morgan fingerprint density at radius 2 is 1.43 bits per heavy atom. The summed E-state index contributed by atoms with van der Waals surface area (Å²) in [5.74, 6) is 1.21. The third-order valence-corrected chi connectivity index (χ3v) is 8.09. The lowest BCUT2D eigenvalue weighted by molar-refractivity contribution is 0.294. The molecule has 2 atom stereocenters. The molecule has 0 fully saturated rings. The molecule has 0 N–H and O–H groups in total. The van der Waals surface area contributed by atoms with Crippen LogP contribution in [0.2, 0.25) is 0 Å². The highest BCUT2D eigenvalue weighted by Gasteiger charge is 2.29. The van der Waals surface area contributed by atoms with E-state index in [-0.39, 0.29) is 6.04 Å². The summed E-state index contributed by atoms with van der Waals surface area (Å²) in [5, 5.41) is 3.96. The Balaban J connectivity index is 1.56. The first-order valence-electron chi connectivity index (χ1n) is 10.4. The number of hydrogen-bond donors (Lipinski definition) is 0. The summed E-state index contributed by atoms with van der Waals surface area (Å²) in [5.41, 5.74) is 1.12. The Morgan fingerprint density at radius 3 is 2.10 bits per heavy atom. The molecule has 3 aromatic rings. The Kier molecular flexibility index (Phi) is 5.59. The second kappa shape index (κ2) is 8.81. The van der Waals surface area contributed by atoms with Crippen molar-refractivity contribution in [3.63, 3.8) is 0 Å². The van der Waals surface area contributed by atoms with Gasteiger partial charge in [0.25, 0.3) is 0 Å². The maximum atomic E-state index is 6.17. The lowest BCUT2D eigenvalue weighted by Gasteiger charge is -2.22. The molecule has 1 aliphatic carbocycles. The van der Waals surface area contributed by atoms with E-state index >= 15 is 0 Å². The van der Waals surface area contributed by atoms with Gasteiger partial charge in [0.05, 0.1) is 6.04 Å². The number of hydrogen-bond acceptors (Lipinski definition) is 2. The minimum absolute atomic E-state index is 0.189. The van der Waals surface area contributed by atoms with Crippen molar-refractivity contribution in [1.82, 2.24) is 0 Å². The fourth-order valence-corrected chi connectivity index (χ4v) is 6.51. The lowest BCUT2D eigenvalue weighted by atomic mass is 9.94. The first kappa shape index (κ1) is 19.0. The number of nitrogens with zero attached hydrogens (tertiary/aromatic N) is 1. The van der Waals surface area contributed by atoms with Gasteiger partial charge >= 0.3 is 0 Å². The predicted octanol–water partition coefficient (Wildman–Crippen LogP) is 4.72. The molecule has 3 aromatic carbocycles. The van der Waals surface area contributed by atoms with E-state index in [0.29, 0.717) is 12.5 Å². The average molecular weight is 409 g/mol. The van der Waals surface area contributed by atoms with E-state index in [9.17, 15) is 0 Å². The Morgan fingerprint density at radius 1 is 0.767 bits per heavy atom. The van der Waals surface area contributed by atoms with Crippen molar-refractivity contribution < 1.29 is 4.74 Å². The molecule has 5 rings (SSSR count). The first-order chi connectivity index (χ1) is 14.9. The summed E-state index contributed by atoms with van der Waals surface area (Å²) in [6.45, 7) is 0.654. The van der Waals surface area contributed by atoms with Crippen molar-refractivity contribution in [2.75, 3.05) is 6.61 Å². The van der Waals surface area contributed by atoms with E-state index in [0.717, 1.165) is 17.9 Å². The molecule has 1 heterocycles. The molecular weight excluding hydrogens is 385 g/mol. The normalized spacial score (nSPS) is 20.2. The highest BCUT2D eigenvalue weighted by Crippen LogP contribution is 2.35. The molecule has 3 heteroatoms. The van der Waals surface area contributed by atoms with Gasteiger partial charge in [-0.1, -0.05) is 103 Å². The van der Waals surface area contributed by atoms with Crippen molar-refractivity contribution in [2.45, 2.75) is 12.5 Å². The van der Waals surface area contributed by atoms with Crippen LogP contribution in [0.5, 0.6) is 0 Å². The van der Waals surface area contributed by atoms with E-state index < -0.39 is 7.92 Å². The van der Waals surface area contributed by atoms with E-state index in [4.69, 9.17) is 9.73 Å².